The van der Waals surface area contributed by atoms with Crippen molar-refractivity contribution >= 4 is 28.5 Å². The molecule has 0 saturated carbocycles. The van der Waals surface area contributed by atoms with E-state index in [1.54, 1.807) is 23.1 Å². The highest BCUT2D eigenvalue weighted by atomic mass is 19.1. The first-order chi connectivity index (χ1) is 13.6. The summed E-state index contributed by atoms with van der Waals surface area (Å²) < 4.78 is 18.2. The van der Waals surface area contributed by atoms with E-state index < -0.39 is 5.97 Å². The second-order valence-electron chi connectivity index (χ2n) is 6.69. The fourth-order valence-electron chi connectivity index (χ4n) is 3.35. The topological polar surface area (TPSA) is 65.6 Å². The number of H-pyrrole nitrogens is 1. The molecule has 3 aromatic rings. The lowest BCUT2D eigenvalue weighted by Crippen LogP contribution is -2.49. The van der Waals surface area contributed by atoms with Crippen molar-refractivity contribution in [3.63, 3.8) is 0 Å². The molecule has 144 valence electrons. The Kier molecular flexibility index (Phi) is 4.97. The predicted octanol–water partition coefficient (Wildman–Crippen LogP) is 2.81. The van der Waals surface area contributed by atoms with Crippen LogP contribution < -0.4 is 4.90 Å². The largest absolute Gasteiger partial charge is 0.451 e. The van der Waals surface area contributed by atoms with E-state index in [0.29, 0.717) is 31.9 Å². The minimum Gasteiger partial charge on any atom is -0.451 e. The number of fused-ring (bicyclic) bond motifs is 1. The first-order valence-electron chi connectivity index (χ1n) is 9.13. The number of nitrogens with zero attached hydrogens (tertiary/aromatic N) is 2. The number of amides is 1. The Morgan fingerprint density at radius 3 is 2.43 bits per heavy atom. The highest BCUT2D eigenvalue weighted by Gasteiger charge is 2.22. The smallest absolute Gasteiger partial charge is 0.355 e. The number of aromatic amines is 1. The molecular weight excluding hydrogens is 361 g/mol. The Morgan fingerprint density at radius 1 is 1.00 bits per heavy atom. The monoisotopic (exact) mass is 381 g/mol. The second-order valence-corrected chi connectivity index (χ2v) is 6.69. The number of hydrogen-bond acceptors (Lipinski definition) is 4. The van der Waals surface area contributed by atoms with E-state index in [1.807, 2.05) is 24.3 Å². The normalized spacial score (nSPS) is 14.3. The molecule has 0 bridgehead atoms. The lowest BCUT2D eigenvalue weighted by molar-refractivity contribution is -0.134. The van der Waals surface area contributed by atoms with E-state index in [1.165, 1.54) is 12.1 Å². The van der Waals surface area contributed by atoms with Crippen LogP contribution in [0.15, 0.2) is 54.6 Å². The maximum absolute atomic E-state index is 13.0. The van der Waals surface area contributed by atoms with Crippen molar-refractivity contribution in [2.45, 2.75) is 0 Å². The summed E-state index contributed by atoms with van der Waals surface area (Å²) in [6, 6.07) is 15.6. The van der Waals surface area contributed by atoms with Gasteiger partial charge in [-0.15, -0.1) is 0 Å². The molecule has 28 heavy (non-hydrogen) atoms. The summed E-state index contributed by atoms with van der Waals surface area (Å²) in [5.74, 6) is -1.04. The zero-order valence-corrected chi connectivity index (χ0v) is 15.2. The summed E-state index contributed by atoms with van der Waals surface area (Å²) in [7, 11) is 0. The van der Waals surface area contributed by atoms with E-state index in [0.717, 1.165) is 16.6 Å². The number of nitrogens with one attached hydrogen (secondary N) is 1. The van der Waals surface area contributed by atoms with Crippen molar-refractivity contribution in [3.05, 3.63) is 66.1 Å². The number of carbonyl (C=O) groups is 2. The fourth-order valence-corrected chi connectivity index (χ4v) is 3.35. The van der Waals surface area contributed by atoms with E-state index in [4.69, 9.17) is 4.74 Å². The summed E-state index contributed by atoms with van der Waals surface area (Å²) >= 11 is 0. The summed E-state index contributed by atoms with van der Waals surface area (Å²) in [5.41, 5.74) is 2.10. The number of benzene rings is 2. The molecule has 1 saturated heterocycles. The van der Waals surface area contributed by atoms with Gasteiger partial charge in [0.25, 0.3) is 5.91 Å². The van der Waals surface area contributed by atoms with E-state index in [9.17, 15) is 14.0 Å². The number of hydrogen-bond donors (Lipinski definition) is 1. The van der Waals surface area contributed by atoms with Crippen molar-refractivity contribution in [1.29, 1.82) is 0 Å². The quantitative estimate of drug-likeness (QED) is 0.706. The summed E-state index contributed by atoms with van der Waals surface area (Å²) in [6.45, 7) is 2.06. The SMILES string of the molecule is O=C(OCC(=O)N1CCN(c2ccc(F)cc2)CC1)c1cc2ccccc2[nH]1. The molecule has 0 spiro atoms. The first-order valence-corrected chi connectivity index (χ1v) is 9.13. The van der Waals surface area contributed by atoms with E-state index >= 15 is 0 Å². The zero-order chi connectivity index (χ0) is 19.5. The molecule has 1 fully saturated rings. The van der Waals surface area contributed by atoms with Crippen LogP contribution in [0, 0.1) is 5.82 Å². The van der Waals surface area contributed by atoms with Gasteiger partial charge in [0.2, 0.25) is 0 Å². The van der Waals surface area contributed by atoms with Crippen LogP contribution >= 0.6 is 0 Å². The minimum absolute atomic E-state index is 0.219. The third-order valence-corrected chi connectivity index (χ3v) is 4.90. The van der Waals surface area contributed by atoms with Crippen molar-refractivity contribution < 1.29 is 18.7 Å². The highest BCUT2D eigenvalue weighted by Crippen LogP contribution is 2.17. The summed E-state index contributed by atoms with van der Waals surface area (Å²) in [5, 5.41) is 0.915. The van der Waals surface area contributed by atoms with Crippen molar-refractivity contribution in [2.24, 2.45) is 0 Å². The van der Waals surface area contributed by atoms with Crippen molar-refractivity contribution in [2.75, 3.05) is 37.7 Å². The number of anilines is 1. The zero-order valence-electron chi connectivity index (χ0n) is 15.2. The van der Waals surface area contributed by atoms with Gasteiger partial charge in [0.15, 0.2) is 6.61 Å². The average molecular weight is 381 g/mol. The van der Waals surface area contributed by atoms with Gasteiger partial charge in [-0.2, -0.15) is 0 Å². The maximum Gasteiger partial charge on any atom is 0.355 e. The maximum atomic E-state index is 13.0. The number of rotatable bonds is 4. The minimum atomic E-state index is -0.547. The van der Waals surface area contributed by atoms with Crippen LogP contribution in [0.4, 0.5) is 10.1 Å². The highest BCUT2D eigenvalue weighted by molar-refractivity contribution is 5.95. The molecule has 6 nitrogen and oxygen atoms in total. The van der Waals surface area contributed by atoms with E-state index in [2.05, 4.69) is 9.88 Å². The van der Waals surface area contributed by atoms with Crippen LogP contribution in [0.5, 0.6) is 0 Å². The molecule has 1 aromatic heterocycles. The van der Waals surface area contributed by atoms with Crippen LogP contribution in [0.1, 0.15) is 10.5 Å². The number of piperazine rings is 1. The lowest BCUT2D eigenvalue weighted by Gasteiger charge is -2.36. The van der Waals surface area contributed by atoms with Gasteiger partial charge in [-0.25, -0.2) is 9.18 Å². The first kappa shape index (κ1) is 18.0. The van der Waals surface area contributed by atoms with Gasteiger partial charge in [0, 0.05) is 42.8 Å². The molecule has 0 atom stereocenters. The molecular formula is C21H20FN3O3. The average Bonchev–Trinajstić information content (AvgIpc) is 3.17. The van der Waals surface area contributed by atoms with Gasteiger partial charge in [0.1, 0.15) is 11.5 Å². The molecule has 2 heterocycles. The molecule has 0 radical (unpaired) electrons. The standard InChI is InChI=1S/C21H20FN3O3/c22-16-5-7-17(8-6-16)24-9-11-25(12-10-24)20(26)14-28-21(27)19-13-15-3-1-2-4-18(15)23-19/h1-8,13,23H,9-12,14H2. The molecule has 4 rings (SSSR count). The fraction of sp³-hybridized carbons (Fsp3) is 0.238. The lowest BCUT2D eigenvalue weighted by atomic mass is 10.2. The van der Waals surface area contributed by atoms with Gasteiger partial charge in [0.05, 0.1) is 0 Å². The number of esters is 1. The van der Waals surface area contributed by atoms with Gasteiger partial charge < -0.3 is 19.5 Å². The molecule has 1 aliphatic rings. The van der Waals surface area contributed by atoms with Crippen molar-refractivity contribution in [1.82, 2.24) is 9.88 Å². The Bertz CT molecular complexity index is 959. The molecule has 0 aliphatic carbocycles. The van der Waals surface area contributed by atoms with Crippen LogP contribution in [0.25, 0.3) is 10.9 Å². The number of para-hydroxylation sites is 1. The molecule has 1 N–H and O–H groups in total. The molecule has 0 unspecified atom stereocenters. The van der Waals surface area contributed by atoms with Gasteiger partial charge in [-0.05, 0) is 36.4 Å². The van der Waals surface area contributed by atoms with Gasteiger partial charge >= 0.3 is 5.97 Å². The number of halogens is 1. The second kappa shape index (κ2) is 7.72. The number of carbonyl (C=O) groups excluding carboxylic acids is 2. The Labute approximate surface area is 161 Å². The van der Waals surface area contributed by atoms with Gasteiger partial charge in [-0.3, -0.25) is 4.79 Å². The van der Waals surface area contributed by atoms with Crippen LogP contribution in [-0.4, -0.2) is 54.5 Å². The number of ether oxygens (including phenoxy) is 1. The third kappa shape index (κ3) is 3.83. The predicted molar refractivity (Wildman–Crippen MR) is 104 cm³/mol. The Hall–Kier alpha value is -3.35. The summed E-state index contributed by atoms with van der Waals surface area (Å²) in [4.78, 5) is 31.3. The summed E-state index contributed by atoms with van der Waals surface area (Å²) in [6.07, 6.45) is 0. The Morgan fingerprint density at radius 2 is 1.71 bits per heavy atom. The number of aromatic nitrogens is 1. The molecule has 1 amide bonds. The molecule has 2 aromatic carbocycles. The Balaban J connectivity index is 1.28. The molecule has 1 aliphatic heterocycles. The van der Waals surface area contributed by atoms with E-state index in [-0.39, 0.29) is 18.3 Å². The van der Waals surface area contributed by atoms with Crippen LogP contribution in [0.3, 0.4) is 0 Å². The van der Waals surface area contributed by atoms with Gasteiger partial charge in [-0.1, -0.05) is 18.2 Å². The molecule has 7 heteroatoms. The van der Waals surface area contributed by atoms with Crippen LogP contribution in [0.2, 0.25) is 0 Å². The van der Waals surface area contributed by atoms with Crippen molar-refractivity contribution in [3.8, 4) is 0 Å². The van der Waals surface area contributed by atoms with Crippen LogP contribution in [-0.2, 0) is 9.53 Å². The third-order valence-electron chi connectivity index (χ3n) is 4.90.